The van der Waals surface area contributed by atoms with Gasteiger partial charge >= 0.3 is 11.9 Å². The second-order valence-corrected chi connectivity index (χ2v) is 12.0. The molecule has 0 saturated carbocycles. The lowest BCUT2D eigenvalue weighted by atomic mass is 9.81. The first-order chi connectivity index (χ1) is 16.9. The van der Waals surface area contributed by atoms with Crippen LogP contribution in [-0.4, -0.2) is 32.1 Å². The van der Waals surface area contributed by atoms with E-state index in [-0.39, 0.29) is 5.92 Å². The first-order valence-electron chi connectivity index (χ1n) is 15.0. The summed E-state index contributed by atoms with van der Waals surface area (Å²) in [7, 11) is 0. The number of carbonyl (C=O) groups is 2. The summed E-state index contributed by atoms with van der Waals surface area (Å²) in [5.74, 6) is -1.67. The Morgan fingerprint density at radius 3 is 1.29 bits per heavy atom. The SMILES string of the molecule is CCCCCCCCCCCCCC(CCCCCCCC)C(CC)(SC(CC)C(=O)O)C(=O)O. The van der Waals surface area contributed by atoms with Crippen molar-refractivity contribution in [1.29, 1.82) is 0 Å². The molecule has 35 heavy (non-hydrogen) atoms. The molecule has 0 aromatic rings. The van der Waals surface area contributed by atoms with Gasteiger partial charge in [0.05, 0.1) is 0 Å². The van der Waals surface area contributed by atoms with Gasteiger partial charge in [0.1, 0.15) is 10.00 Å². The fourth-order valence-electron chi connectivity index (χ4n) is 5.24. The van der Waals surface area contributed by atoms with Crippen molar-refractivity contribution in [3.63, 3.8) is 0 Å². The maximum Gasteiger partial charge on any atom is 0.320 e. The minimum absolute atomic E-state index is 0.0353. The number of unbranched alkanes of at least 4 members (excludes halogenated alkanes) is 15. The van der Waals surface area contributed by atoms with E-state index in [1.165, 1.54) is 95.2 Å². The number of carboxylic acid groups (broad SMARTS) is 2. The van der Waals surface area contributed by atoms with Gasteiger partial charge in [0.25, 0.3) is 0 Å². The average Bonchev–Trinajstić information content (AvgIpc) is 2.84. The van der Waals surface area contributed by atoms with E-state index in [9.17, 15) is 19.8 Å². The lowest BCUT2D eigenvalue weighted by Gasteiger charge is -2.38. The van der Waals surface area contributed by atoms with Crippen LogP contribution in [0.2, 0.25) is 0 Å². The van der Waals surface area contributed by atoms with Gasteiger partial charge in [0.15, 0.2) is 0 Å². The van der Waals surface area contributed by atoms with Gasteiger partial charge in [-0.25, -0.2) is 0 Å². The summed E-state index contributed by atoms with van der Waals surface area (Å²) >= 11 is 1.22. The molecule has 0 heterocycles. The number of carboxylic acids is 2. The third kappa shape index (κ3) is 15.2. The fraction of sp³-hybridized carbons (Fsp3) is 0.933. The highest BCUT2D eigenvalue weighted by molar-refractivity contribution is 8.02. The van der Waals surface area contributed by atoms with Crippen molar-refractivity contribution in [2.45, 2.75) is 173 Å². The van der Waals surface area contributed by atoms with Crippen LogP contribution in [-0.2, 0) is 9.59 Å². The molecule has 0 fully saturated rings. The molecule has 0 aliphatic heterocycles. The molecule has 0 radical (unpaired) electrons. The Hall–Kier alpha value is -0.710. The highest BCUT2D eigenvalue weighted by Crippen LogP contribution is 2.45. The molecule has 0 rings (SSSR count). The zero-order valence-electron chi connectivity index (χ0n) is 23.6. The Labute approximate surface area is 221 Å². The third-order valence-corrected chi connectivity index (χ3v) is 9.64. The molecule has 0 bridgehead atoms. The number of aliphatic carboxylic acids is 2. The van der Waals surface area contributed by atoms with Crippen molar-refractivity contribution < 1.29 is 19.8 Å². The Morgan fingerprint density at radius 2 is 1.00 bits per heavy atom. The van der Waals surface area contributed by atoms with Crippen LogP contribution >= 0.6 is 11.8 Å². The minimum Gasteiger partial charge on any atom is -0.480 e. The molecule has 0 saturated heterocycles. The monoisotopic (exact) mass is 514 g/mol. The maximum absolute atomic E-state index is 12.6. The number of hydrogen-bond acceptors (Lipinski definition) is 3. The van der Waals surface area contributed by atoms with Gasteiger partial charge in [-0.15, -0.1) is 11.8 Å². The first kappa shape index (κ1) is 34.3. The highest BCUT2D eigenvalue weighted by Gasteiger charge is 2.47. The topological polar surface area (TPSA) is 74.6 Å². The molecule has 0 aliphatic rings. The van der Waals surface area contributed by atoms with E-state index in [0.29, 0.717) is 12.8 Å². The zero-order valence-corrected chi connectivity index (χ0v) is 24.4. The fourth-order valence-corrected chi connectivity index (χ4v) is 6.71. The van der Waals surface area contributed by atoms with Crippen LogP contribution in [0, 0.1) is 5.92 Å². The Balaban J connectivity index is 4.87. The van der Waals surface area contributed by atoms with E-state index >= 15 is 0 Å². The quantitative estimate of drug-likeness (QED) is 0.112. The summed E-state index contributed by atoms with van der Waals surface area (Å²) in [6.07, 6.45) is 24.0. The molecule has 0 amide bonds. The average molecular weight is 515 g/mol. The van der Waals surface area contributed by atoms with Crippen LogP contribution in [0.15, 0.2) is 0 Å². The van der Waals surface area contributed by atoms with Gasteiger partial charge in [-0.3, -0.25) is 9.59 Å². The van der Waals surface area contributed by atoms with Gasteiger partial charge in [-0.2, -0.15) is 0 Å². The minimum atomic E-state index is -0.999. The van der Waals surface area contributed by atoms with Crippen LogP contribution in [0.5, 0.6) is 0 Å². The first-order valence-corrected chi connectivity index (χ1v) is 15.9. The molecule has 0 aromatic heterocycles. The van der Waals surface area contributed by atoms with Crippen LogP contribution in [0.4, 0.5) is 0 Å². The van der Waals surface area contributed by atoms with Crippen molar-refractivity contribution >= 4 is 23.7 Å². The Morgan fingerprint density at radius 1 is 0.629 bits per heavy atom. The molecule has 0 spiro atoms. The van der Waals surface area contributed by atoms with E-state index in [0.717, 1.165) is 38.5 Å². The molecule has 3 atom stereocenters. The van der Waals surface area contributed by atoms with Crippen LogP contribution < -0.4 is 0 Å². The summed E-state index contributed by atoms with van der Waals surface area (Å²) in [6, 6.07) is 0. The van der Waals surface area contributed by atoms with Gasteiger partial charge in [0.2, 0.25) is 0 Å². The predicted molar refractivity (Wildman–Crippen MR) is 153 cm³/mol. The molecule has 5 heteroatoms. The Kier molecular flexibility index (Phi) is 22.0. The zero-order chi connectivity index (χ0) is 26.4. The highest BCUT2D eigenvalue weighted by atomic mass is 32.2. The van der Waals surface area contributed by atoms with Crippen LogP contribution in [0.3, 0.4) is 0 Å². The number of thioether (sulfide) groups is 1. The molecule has 0 aromatic carbocycles. The summed E-state index contributed by atoms with van der Waals surface area (Å²) in [6.45, 7) is 8.26. The second-order valence-electron chi connectivity index (χ2n) is 10.5. The van der Waals surface area contributed by atoms with Gasteiger partial charge in [0, 0.05) is 0 Å². The molecule has 4 nitrogen and oxygen atoms in total. The van der Waals surface area contributed by atoms with Crippen LogP contribution in [0.1, 0.15) is 163 Å². The molecular formula is C30H58O4S. The van der Waals surface area contributed by atoms with Crippen LogP contribution in [0.25, 0.3) is 0 Å². The van der Waals surface area contributed by atoms with Gasteiger partial charge in [-0.1, -0.05) is 137 Å². The van der Waals surface area contributed by atoms with E-state index in [1.807, 2.05) is 13.8 Å². The van der Waals surface area contributed by atoms with E-state index in [4.69, 9.17) is 0 Å². The Bertz CT molecular complexity index is 524. The lowest BCUT2D eigenvalue weighted by molar-refractivity contribution is -0.141. The summed E-state index contributed by atoms with van der Waals surface area (Å²) in [4.78, 5) is 24.4. The molecule has 208 valence electrons. The van der Waals surface area contributed by atoms with Crippen molar-refractivity contribution in [3.05, 3.63) is 0 Å². The number of hydrogen-bond donors (Lipinski definition) is 2. The van der Waals surface area contributed by atoms with E-state index < -0.39 is 21.9 Å². The molecule has 2 N–H and O–H groups in total. The normalized spacial score (nSPS) is 15.0. The van der Waals surface area contributed by atoms with Crippen molar-refractivity contribution in [2.75, 3.05) is 0 Å². The van der Waals surface area contributed by atoms with Gasteiger partial charge < -0.3 is 10.2 Å². The third-order valence-electron chi connectivity index (χ3n) is 7.61. The maximum atomic E-state index is 12.6. The second kappa shape index (κ2) is 22.5. The smallest absolute Gasteiger partial charge is 0.320 e. The van der Waals surface area contributed by atoms with Crippen molar-refractivity contribution in [1.82, 2.24) is 0 Å². The van der Waals surface area contributed by atoms with Crippen molar-refractivity contribution in [2.24, 2.45) is 5.92 Å². The van der Waals surface area contributed by atoms with E-state index in [1.54, 1.807) is 0 Å². The summed E-state index contributed by atoms with van der Waals surface area (Å²) in [5.41, 5.74) is 0. The van der Waals surface area contributed by atoms with Gasteiger partial charge in [-0.05, 0) is 31.6 Å². The lowest BCUT2D eigenvalue weighted by Crippen LogP contribution is -2.45. The number of rotatable bonds is 26. The van der Waals surface area contributed by atoms with E-state index in [2.05, 4.69) is 13.8 Å². The summed E-state index contributed by atoms with van der Waals surface area (Å²) < 4.78 is -0.999. The predicted octanol–water partition coefficient (Wildman–Crippen LogP) is 9.88. The molecule has 3 unspecified atom stereocenters. The standard InChI is InChI=1S/C30H58O4S/c1-5-9-11-13-15-16-17-18-19-21-23-25-26(24-22-20-14-12-10-6-2)30(8-4,29(33)34)35-27(7-3)28(31)32/h26-27H,5-25H2,1-4H3,(H,31,32)(H,33,34). The van der Waals surface area contributed by atoms with Crippen molar-refractivity contribution in [3.8, 4) is 0 Å². The largest absolute Gasteiger partial charge is 0.480 e. The molecular weight excluding hydrogens is 456 g/mol. The molecule has 0 aliphatic carbocycles. The summed E-state index contributed by atoms with van der Waals surface area (Å²) in [5, 5.41) is 19.4.